The number of nitrogens with one attached hydrogen (secondary N) is 1. The summed E-state index contributed by atoms with van der Waals surface area (Å²) in [7, 11) is 4.00. The molecular formula is C18H22IN3O. The fraction of sp³-hybridized carbons (Fsp3) is 0.278. The molecule has 0 spiro atoms. The second-order valence-electron chi connectivity index (χ2n) is 5.57. The maximum absolute atomic E-state index is 5.72. The largest absolute Gasteiger partial charge is 0.491 e. The Morgan fingerprint density at radius 3 is 2.57 bits per heavy atom. The topological polar surface area (TPSA) is 36.9 Å². The quantitative estimate of drug-likeness (QED) is 0.467. The molecule has 2 aromatic rings. The van der Waals surface area contributed by atoms with Gasteiger partial charge < -0.3 is 15.0 Å². The molecule has 2 aromatic carbocycles. The molecule has 5 heteroatoms. The third-order valence-electron chi connectivity index (χ3n) is 3.68. The van der Waals surface area contributed by atoms with Crippen molar-refractivity contribution in [2.24, 2.45) is 4.99 Å². The van der Waals surface area contributed by atoms with Gasteiger partial charge >= 0.3 is 0 Å². The summed E-state index contributed by atoms with van der Waals surface area (Å²) in [6.45, 7) is 1.30. The molecule has 1 N–H and O–H groups in total. The fourth-order valence-electron chi connectivity index (χ4n) is 2.50. The van der Waals surface area contributed by atoms with Crippen molar-refractivity contribution in [3.63, 3.8) is 0 Å². The number of fused-ring (bicyclic) bond motifs is 1. The van der Waals surface area contributed by atoms with Crippen molar-refractivity contribution in [3.8, 4) is 5.75 Å². The van der Waals surface area contributed by atoms with E-state index in [1.165, 1.54) is 11.1 Å². The van der Waals surface area contributed by atoms with Crippen molar-refractivity contribution < 1.29 is 4.74 Å². The predicted molar refractivity (Wildman–Crippen MR) is 104 cm³/mol. The average Bonchev–Trinajstić information content (AvgIpc) is 2.95. The Labute approximate surface area is 154 Å². The maximum atomic E-state index is 5.72. The SMILES string of the molecule is CN(C)C(=NCc1ccccc1)NC1COc2ccccc21.I. The Kier molecular flexibility index (Phi) is 6.27. The lowest BCUT2D eigenvalue weighted by molar-refractivity contribution is 0.321. The molecule has 0 radical (unpaired) electrons. The highest BCUT2D eigenvalue weighted by Crippen LogP contribution is 2.31. The zero-order valence-electron chi connectivity index (χ0n) is 13.4. The summed E-state index contributed by atoms with van der Waals surface area (Å²) in [4.78, 5) is 6.71. The van der Waals surface area contributed by atoms with E-state index in [1.54, 1.807) is 0 Å². The highest BCUT2D eigenvalue weighted by molar-refractivity contribution is 14.0. The number of guanidine groups is 1. The zero-order valence-corrected chi connectivity index (χ0v) is 15.7. The molecule has 1 heterocycles. The highest BCUT2D eigenvalue weighted by Gasteiger charge is 2.24. The maximum Gasteiger partial charge on any atom is 0.194 e. The molecule has 0 aromatic heterocycles. The molecule has 0 bridgehead atoms. The van der Waals surface area contributed by atoms with Crippen molar-refractivity contribution in [2.75, 3.05) is 20.7 Å². The van der Waals surface area contributed by atoms with Gasteiger partial charge in [-0.3, -0.25) is 0 Å². The molecule has 1 aliphatic heterocycles. The smallest absolute Gasteiger partial charge is 0.194 e. The molecule has 1 unspecified atom stereocenters. The Bertz CT molecular complexity index is 658. The fourth-order valence-corrected chi connectivity index (χ4v) is 2.50. The first-order valence-electron chi connectivity index (χ1n) is 7.48. The summed E-state index contributed by atoms with van der Waals surface area (Å²) in [6, 6.07) is 18.6. The van der Waals surface area contributed by atoms with E-state index in [9.17, 15) is 0 Å². The van der Waals surface area contributed by atoms with E-state index >= 15 is 0 Å². The minimum atomic E-state index is 0. The van der Waals surface area contributed by atoms with E-state index in [4.69, 9.17) is 9.73 Å². The third-order valence-corrected chi connectivity index (χ3v) is 3.68. The summed E-state index contributed by atoms with van der Waals surface area (Å²) in [6.07, 6.45) is 0. The van der Waals surface area contributed by atoms with E-state index in [-0.39, 0.29) is 30.0 Å². The van der Waals surface area contributed by atoms with Crippen LogP contribution in [0.1, 0.15) is 17.2 Å². The van der Waals surface area contributed by atoms with Crippen molar-refractivity contribution in [1.82, 2.24) is 10.2 Å². The number of rotatable bonds is 3. The van der Waals surface area contributed by atoms with Crippen LogP contribution >= 0.6 is 24.0 Å². The van der Waals surface area contributed by atoms with Crippen LogP contribution in [0.15, 0.2) is 59.6 Å². The number of ether oxygens (including phenoxy) is 1. The number of benzene rings is 2. The van der Waals surface area contributed by atoms with Gasteiger partial charge in [0, 0.05) is 19.7 Å². The molecule has 23 heavy (non-hydrogen) atoms. The van der Waals surface area contributed by atoms with Gasteiger partial charge in [0.05, 0.1) is 12.6 Å². The normalized spacial score (nSPS) is 16.1. The van der Waals surface area contributed by atoms with Crippen molar-refractivity contribution in [2.45, 2.75) is 12.6 Å². The molecule has 1 aliphatic rings. The average molecular weight is 423 g/mol. The van der Waals surface area contributed by atoms with E-state index in [0.29, 0.717) is 13.2 Å². The van der Waals surface area contributed by atoms with Crippen LogP contribution in [0, 0.1) is 0 Å². The zero-order chi connectivity index (χ0) is 15.4. The molecule has 122 valence electrons. The number of para-hydroxylation sites is 1. The number of hydrogen-bond donors (Lipinski definition) is 1. The molecule has 0 amide bonds. The van der Waals surface area contributed by atoms with Crippen LogP contribution in [0.3, 0.4) is 0 Å². The Morgan fingerprint density at radius 2 is 1.83 bits per heavy atom. The molecule has 4 nitrogen and oxygen atoms in total. The van der Waals surface area contributed by atoms with E-state index in [1.807, 2.05) is 55.4 Å². The lowest BCUT2D eigenvalue weighted by Crippen LogP contribution is -2.39. The monoisotopic (exact) mass is 423 g/mol. The highest BCUT2D eigenvalue weighted by atomic mass is 127. The van der Waals surface area contributed by atoms with Crippen molar-refractivity contribution in [1.29, 1.82) is 0 Å². The van der Waals surface area contributed by atoms with Gasteiger partial charge in [0.15, 0.2) is 5.96 Å². The summed E-state index contributed by atoms with van der Waals surface area (Å²) in [5, 5.41) is 3.49. The van der Waals surface area contributed by atoms with Gasteiger partial charge in [-0.05, 0) is 11.6 Å². The van der Waals surface area contributed by atoms with Gasteiger partial charge in [-0.25, -0.2) is 4.99 Å². The van der Waals surface area contributed by atoms with Gasteiger partial charge in [-0.2, -0.15) is 0 Å². The minimum absolute atomic E-state index is 0. The van der Waals surface area contributed by atoms with Crippen LogP contribution in [0.2, 0.25) is 0 Å². The number of aliphatic imine (C=N–C) groups is 1. The van der Waals surface area contributed by atoms with Crippen LogP contribution in [-0.2, 0) is 6.54 Å². The van der Waals surface area contributed by atoms with Gasteiger partial charge in [0.1, 0.15) is 12.4 Å². The van der Waals surface area contributed by atoms with Crippen LogP contribution in [0.4, 0.5) is 0 Å². The van der Waals surface area contributed by atoms with Gasteiger partial charge in [-0.1, -0.05) is 48.5 Å². The Hall–Kier alpha value is -1.76. The van der Waals surface area contributed by atoms with E-state index in [0.717, 1.165) is 11.7 Å². The summed E-state index contributed by atoms with van der Waals surface area (Å²) < 4.78 is 5.72. The lowest BCUT2D eigenvalue weighted by atomic mass is 10.1. The summed E-state index contributed by atoms with van der Waals surface area (Å²) in [5.74, 6) is 1.83. The molecule has 1 atom stereocenters. The molecule has 0 saturated carbocycles. The van der Waals surface area contributed by atoms with E-state index in [2.05, 4.69) is 23.5 Å². The van der Waals surface area contributed by atoms with Crippen LogP contribution in [-0.4, -0.2) is 31.6 Å². The van der Waals surface area contributed by atoms with Crippen molar-refractivity contribution in [3.05, 3.63) is 65.7 Å². The van der Waals surface area contributed by atoms with E-state index < -0.39 is 0 Å². The molecule has 0 saturated heterocycles. The Balaban J connectivity index is 0.00000192. The Morgan fingerprint density at radius 1 is 1.13 bits per heavy atom. The minimum Gasteiger partial charge on any atom is -0.491 e. The number of nitrogens with zero attached hydrogens (tertiary/aromatic N) is 2. The van der Waals surface area contributed by atoms with Gasteiger partial charge in [-0.15, -0.1) is 24.0 Å². The van der Waals surface area contributed by atoms with Crippen molar-refractivity contribution >= 4 is 29.9 Å². The summed E-state index contributed by atoms with van der Waals surface area (Å²) in [5.41, 5.74) is 2.39. The summed E-state index contributed by atoms with van der Waals surface area (Å²) >= 11 is 0. The first-order valence-corrected chi connectivity index (χ1v) is 7.48. The molecule has 0 aliphatic carbocycles. The molecule has 3 rings (SSSR count). The number of halogens is 1. The van der Waals surface area contributed by atoms with Gasteiger partial charge in [0.2, 0.25) is 0 Å². The lowest BCUT2D eigenvalue weighted by Gasteiger charge is -2.21. The second-order valence-corrected chi connectivity index (χ2v) is 5.57. The predicted octanol–water partition coefficient (Wildman–Crippen LogP) is 3.45. The standard InChI is InChI=1S/C18H21N3O.HI/c1-21(2)18(19-12-14-8-4-3-5-9-14)20-16-13-22-17-11-7-6-10-15(16)17;/h3-11,16H,12-13H2,1-2H3,(H,19,20);1H. The second kappa shape index (κ2) is 8.19. The van der Waals surface area contributed by atoms with Crippen LogP contribution in [0.25, 0.3) is 0 Å². The van der Waals surface area contributed by atoms with Crippen LogP contribution < -0.4 is 10.1 Å². The first kappa shape index (κ1) is 17.6. The van der Waals surface area contributed by atoms with Crippen LogP contribution in [0.5, 0.6) is 5.75 Å². The van der Waals surface area contributed by atoms with Gasteiger partial charge in [0.25, 0.3) is 0 Å². The first-order chi connectivity index (χ1) is 10.7. The molecular weight excluding hydrogens is 401 g/mol. The number of hydrogen-bond acceptors (Lipinski definition) is 2. The molecule has 0 fully saturated rings. The third kappa shape index (κ3) is 4.37.